The fourth-order valence-corrected chi connectivity index (χ4v) is 7.09. The molecule has 1 saturated heterocycles. The number of carbonyl (C=O) groups excluding carboxylic acids is 1. The Morgan fingerprint density at radius 2 is 2.10 bits per heavy atom. The molecule has 2 N–H and O–H groups in total. The number of sulfone groups is 1. The minimum absolute atomic E-state index is 0.0241. The van der Waals surface area contributed by atoms with Crippen LogP contribution in [0.15, 0.2) is 35.3 Å². The molecule has 1 aromatic carbocycles. The quantitative estimate of drug-likeness (QED) is 0.730. The second-order valence-electron chi connectivity index (χ2n) is 6.98. The number of amidine groups is 1. The minimum atomic E-state index is -3.04. The molecule has 2 aliphatic rings. The van der Waals surface area contributed by atoms with E-state index in [1.807, 2.05) is 31.2 Å². The highest BCUT2D eigenvalue weighted by atomic mass is 32.2. The van der Waals surface area contributed by atoms with E-state index < -0.39 is 9.84 Å². The van der Waals surface area contributed by atoms with E-state index in [1.165, 1.54) is 11.8 Å². The standard InChI is InChI=1S/C18H21N5O4S2/c1-11-7-16(22-21-11)20-17(24)8-23(12-3-5-13(27-2)6-4-12)18-19-14-9-29(25,26)10-15(14)28-18/h3-7,14-15H,8-10H2,1-2H3,(H2,20,21,22,24)/t14-,15-/m0/s1. The van der Waals surface area contributed by atoms with E-state index in [-0.39, 0.29) is 35.2 Å². The lowest BCUT2D eigenvalue weighted by Crippen LogP contribution is -2.36. The number of nitrogens with one attached hydrogen (secondary N) is 2. The first-order chi connectivity index (χ1) is 13.8. The Labute approximate surface area is 172 Å². The van der Waals surface area contributed by atoms with E-state index in [2.05, 4.69) is 20.5 Å². The molecule has 29 heavy (non-hydrogen) atoms. The van der Waals surface area contributed by atoms with Gasteiger partial charge in [-0.05, 0) is 31.2 Å². The number of aromatic nitrogens is 2. The Kier molecular flexibility index (Phi) is 5.26. The second-order valence-corrected chi connectivity index (χ2v) is 10.3. The lowest BCUT2D eigenvalue weighted by atomic mass is 10.2. The lowest BCUT2D eigenvalue weighted by Gasteiger charge is -2.24. The first-order valence-electron chi connectivity index (χ1n) is 9.01. The maximum Gasteiger partial charge on any atom is 0.245 e. The molecule has 0 aliphatic carbocycles. The number of fused-ring (bicyclic) bond motifs is 1. The highest BCUT2D eigenvalue weighted by Gasteiger charge is 2.44. The molecule has 0 saturated carbocycles. The minimum Gasteiger partial charge on any atom is -0.497 e. The van der Waals surface area contributed by atoms with Crippen LogP contribution in [0.5, 0.6) is 5.75 Å². The number of methoxy groups -OCH3 is 1. The number of amides is 1. The van der Waals surface area contributed by atoms with E-state index in [1.54, 1.807) is 18.1 Å². The van der Waals surface area contributed by atoms with Crippen LogP contribution in [0, 0.1) is 6.92 Å². The first-order valence-corrected chi connectivity index (χ1v) is 11.7. The maximum absolute atomic E-state index is 12.6. The van der Waals surface area contributed by atoms with Gasteiger partial charge in [-0.3, -0.25) is 14.9 Å². The largest absolute Gasteiger partial charge is 0.497 e. The predicted octanol–water partition coefficient (Wildman–Crippen LogP) is 1.44. The molecular formula is C18H21N5O4S2. The number of rotatable bonds is 5. The molecule has 154 valence electrons. The Balaban J connectivity index is 1.56. The van der Waals surface area contributed by atoms with Crippen molar-refractivity contribution >= 4 is 44.2 Å². The number of aliphatic imine (C=N–C) groups is 1. The number of benzene rings is 1. The fourth-order valence-electron chi connectivity index (χ4n) is 3.31. The van der Waals surface area contributed by atoms with Crippen molar-refractivity contribution in [3.8, 4) is 5.75 Å². The maximum atomic E-state index is 12.6. The molecule has 0 spiro atoms. The van der Waals surface area contributed by atoms with Crippen molar-refractivity contribution in [2.24, 2.45) is 4.99 Å². The molecule has 0 bridgehead atoms. The topological polar surface area (TPSA) is 117 Å². The van der Waals surface area contributed by atoms with Crippen molar-refractivity contribution < 1.29 is 17.9 Å². The molecule has 4 rings (SSSR count). The molecule has 9 nitrogen and oxygen atoms in total. The van der Waals surface area contributed by atoms with E-state index in [4.69, 9.17) is 4.74 Å². The van der Waals surface area contributed by atoms with Crippen LogP contribution >= 0.6 is 11.8 Å². The summed E-state index contributed by atoms with van der Waals surface area (Å²) in [5, 5.41) is 10.1. The number of carbonyl (C=O) groups is 1. The van der Waals surface area contributed by atoms with Gasteiger partial charge in [0, 0.05) is 22.7 Å². The van der Waals surface area contributed by atoms with E-state index in [0.29, 0.717) is 16.7 Å². The van der Waals surface area contributed by atoms with Crippen LogP contribution in [-0.2, 0) is 14.6 Å². The van der Waals surface area contributed by atoms with E-state index in [0.717, 1.165) is 11.4 Å². The predicted molar refractivity (Wildman–Crippen MR) is 114 cm³/mol. The Hall–Kier alpha value is -2.53. The lowest BCUT2D eigenvalue weighted by molar-refractivity contribution is -0.114. The molecule has 1 amide bonds. The number of hydrogen-bond acceptors (Lipinski definition) is 8. The molecule has 11 heteroatoms. The van der Waals surface area contributed by atoms with Gasteiger partial charge in [0.2, 0.25) is 5.91 Å². The summed E-state index contributed by atoms with van der Waals surface area (Å²) in [6.07, 6.45) is 0. The van der Waals surface area contributed by atoms with Crippen LogP contribution in [0.3, 0.4) is 0 Å². The number of hydrogen-bond donors (Lipinski definition) is 2. The summed E-state index contributed by atoms with van der Waals surface area (Å²) >= 11 is 1.41. The van der Waals surface area contributed by atoms with Gasteiger partial charge in [0.25, 0.3) is 0 Å². The number of nitrogens with zero attached hydrogens (tertiary/aromatic N) is 3. The van der Waals surface area contributed by atoms with Crippen LogP contribution in [0.4, 0.5) is 11.5 Å². The molecule has 2 aromatic rings. The smallest absolute Gasteiger partial charge is 0.245 e. The number of ether oxygens (including phenoxy) is 1. The molecule has 2 aliphatic heterocycles. The first kappa shape index (κ1) is 19.8. The van der Waals surface area contributed by atoms with Crippen LogP contribution in [0.25, 0.3) is 0 Å². The summed E-state index contributed by atoms with van der Waals surface area (Å²) in [4.78, 5) is 19.1. The van der Waals surface area contributed by atoms with Crippen LogP contribution in [0.1, 0.15) is 5.69 Å². The molecular weight excluding hydrogens is 414 g/mol. The van der Waals surface area contributed by atoms with Gasteiger partial charge in [-0.1, -0.05) is 11.8 Å². The highest BCUT2D eigenvalue weighted by Crippen LogP contribution is 2.37. The SMILES string of the molecule is COc1ccc(N(CC(=O)Nc2cc(C)[nH]n2)C2=N[C@H]3CS(=O)(=O)C[C@@H]3S2)cc1. The number of anilines is 2. The van der Waals surface area contributed by atoms with Crippen molar-refractivity contribution in [2.75, 3.05) is 35.4 Å². The average Bonchev–Trinajstić information content (AvgIpc) is 3.32. The molecule has 1 aromatic heterocycles. The number of aromatic amines is 1. The summed E-state index contributed by atoms with van der Waals surface area (Å²) in [6.45, 7) is 1.87. The van der Waals surface area contributed by atoms with Gasteiger partial charge in [0.05, 0.1) is 24.7 Å². The third-order valence-electron chi connectivity index (χ3n) is 4.70. The van der Waals surface area contributed by atoms with Crippen LogP contribution < -0.4 is 15.0 Å². The van der Waals surface area contributed by atoms with Gasteiger partial charge in [0.1, 0.15) is 12.3 Å². The number of aryl methyl sites for hydroxylation is 1. The molecule has 3 heterocycles. The van der Waals surface area contributed by atoms with Crippen molar-refractivity contribution in [2.45, 2.75) is 18.2 Å². The monoisotopic (exact) mass is 435 g/mol. The average molecular weight is 436 g/mol. The van der Waals surface area contributed by atoms with Crippen LogP contribution in [-0.4, -0.2) is 66.1 Å². The van der Waals surface area contributed by atoms with Gasteiger partial charge < -0.3 is 15.0 Å². The zero-order valence-corrected chi connectivity index (χ0v) is 17.6. The van der Waals surface area contributed by atoms with Crippen molar-refractivity contribution in [1.29, 1.82) is 0 Å². The Morgan fingerprint density at radius 3 is 2.72 bits per heavy atom. The van der Waals surface area contributed by atoms with E-state index >= 15 is 0 Å². The zero-order valence-electron chi connectivity index (χ0n) is 16.0. The Morgan fingerprint density at radius 1 is 1.34 bits per heavy atom. The summed E-state index contributed by atoms with van der Waals surface area (Å²) in [7, 11) is -1.46. The van der Waals surface area contributed by atoms with Crippen molar-refractivity contribution in [3.05, 3.63) is 36.0 Å². The van der Waals surface area contributed by atoms with Crippen molar-refractivity contribution in [1.82, 2.24) is 10.2 Å². The summed E-state index contributed by atoms with van der Waals surface area (Å²) in [6, 6.07) is 8.79. The second kappa shape index (κ2) is 7.71. The van der Waals surface area contributed by atoms with Crippen molar-refractivity contribution in [3.63, 3.8) is 0 Å². The number of H-pyrrole nitrogens is 1. The van der Waals surface area contributed by atoms with Gasteiger partial charge in [-0.25, -0.2) is 8.42 Å². The highest BCUT2D eigenvalue weighted by molar-refractivity contribution is 8.15. The molecule has 1 fully saturated rings. The summed E-state index contributed by atoms with van der Waals surface area (Å²) in [5.74, 6) is 1.08. The van der Waals surface area contributed by atoms with Crippen LogP contribution in [0.2, 0.25) is 0 Å². The third-order valence-corrected chi connectivity index (χ3v) is 7.94. The van der Waals surface area contributed by atoms with Gasteiger partial charge >= 0.3 is 0 Å². The summed E-state index contributed by atoms with van der Waals surface area (Å²) < 4.78 is 28.9. The molecule has 0 unspecified atom stereocenters. The third kappa shape index (κ3) is 4.40. The zero-order chi connectivity index (χ0) is 20.6. The molecule has 0 radical (unpaired) electrons. The normalized spacial score (nSPS) is 22.1. The molecule has 2 atom stereocenters. The van der Waals surface area contributed by atoms with E-state index in [9.17, 15) is 13.2 Å². The van der Waals surface area contributed by atoms with Gasteiger partial charge in [-0.15, -0.1) is 0 Å². The fraction of sp³-hybridized carbons (Fsp3) is 0.389. The Bertz CT molecular complexity index is 1050. The summed E-state index contributed by atoms with van der Waals surface area (Å²) in [5.41, 5.74) is 1.62. The van der Waals surface area contributed by atoms with Gasteiger partial charge in [-0.2, -0.15) is 5.10 Å². The number of thioether (sulfide) groups is 1. The van der Waals surface area contributed by atoms with Gasteiger partial charge in [0.15, 0.2) is 20.8 Å².